The maximum absolute atomic E-state index is 10.8. The van der Waals surface area contributed by atoms with Gasteiger partial charge in [0, 0.05) is 0 Å². The van der Waals surface area contributed by atoms with Crippen molar-refractivity contribution in [1.82, 2.24) is 0 Å². The van der Waals surface area contributed by atoms with Crippen LogP contribution in [0.3, 0.4) is 0 Å². The highest BCUT2D eigenvalue weighted by Crippen LogP contribution is 2.22. The molecule has 84 valence electrons. The zero-order valence-corrected chi connectivity index (χ0v) is 9.93. The van der Waals surface area contributed by atoms with E-state index in [-0.39, 0.29) is 0 Å². The van der Waals surface area contributed by atoms with Crippen LogP contribution in [0.25, 0.3) is 0 Å². The Labute approximate surface area is 90.7 Å². The van der Waals surface area contributed by atoms with Gasteiger partial charge >= 0.3 is 0 Å². The molecule has 0 atom stereocenters. The van der Waals surface area contributed by atoms with Crippen LogP contribution in [0.2, 0.25) is 0 Å². The van der Waals surface area contributed by atoms with Crippen molar-refractivity contribution in [3.8, 4) is 0 Å². The van der Waals surface area contributed by atoms with Crippen molar-refractivity contribution in [2.24, 2.45) is 5.14 Å². The van der Waals surface area contributed by atoms with E-state index < -0.39 is 10.2 Å². The van der Waals surface area contributed by atoms with Gasteiger partial charge in [0.2, 0.25) is 0 Å². The minimum absolute atomic E-state index is 0.354. The van der Waals surface area contributed by atoms with Crippen LogP contribution in [0, 0.1) is 6.92 Å². The monoisotopic (exact) mass is 228 g/mol. The summed E-state index contributed by atoms with van der Waals surface area (Å²) in [7, 11) is -3.68. The lowest BCUT2D eigenvalue weighted by Gasteiger charge is -2.12. The number of hydrogen-bond donors (Lipinski definition) is 2. The van der Waals surface area contributed by atoms with Crippen molar-refractivity contribution in [2.75, 3.05) is 4.72 Å². The number of benzene rings is 1. The molecule has 0 aliphatic carbocycles. The van der Waals surface area contributed by atoms with Gasteiger partial charge in [-0.15, -0.1) is 0 Å². The van der Waals surface area contributed by atoms with Crippen LogP contribution in [-0.4, -0.2) is 8.42 Å². The lowest BCUT2D eigenvalue weighted by Crippen LogP contribution is -2.21. The third-order valence-electron chi connectivity index (χ3n) is 2.16. The lowest BCUT2D eigenvalue weighted by molar-refractivity contribution is 0.603. The average Bonchev–Trinajstić information content (AvgIpc) is 2.05. The van der Waals surface area contributed by atoms with Crippen LogP contribution in [0.15, 0.2) is 18.2 Å². The van der Waals surface area contributed by atoms with E-state index in [0.29, 0.717) is 11.6 Å². The van der Waals surface area contributed by atoms with E-state index in [1.807, 2.05) is 19.1 Å². The van der Waals surface area contributed by atoms with Gasteiger partial charge in [0.25, 0.3) is 10.2 Å². The van der Waals surface area contributed by atoms with Gasteiger partial charge < -0.3 is 0 Å². The molecule has 5 heteroatoms. The fourth-order valence-electron chi connectivity index (χ4n) is 1.49. The molecule has 0 aromatic heterocycles. The highest BCUT2D eigenvalue weighted by molar-refractivity contribution is 7.90. The molecule has 4 nitrogen and oxygen atoms in total. The highest BCUT2D eigenvalue weighted by atomic mass is 32.2. The van der Waals surface area contributed by atoms with Crippen molar-refractivity contribution in [3.63, 3.8) is 0 Å². The molecule has 0 aliphatic rings. The topological polar surface area (TPSA) is 72.2 Å². The van der Waals surface area contributed by atoms with Crippen molar-refractivity contribution in [1.29, 1.82) is 0 Å². The molecule has 3 N–H and O–H groups in total. The molecule has 0 unspecified atom stereocenters. The summed E-state index contributed by atoms with van der Waals surface area (Å²) >= 11 is 0. The first-order valence-electron chi connectivity index (χ1n) is 4.70. The second-order valence-corrected chi connectivity index (χ2v) is 5.17. The molecule has 0 fully saturated rings. The predicted molar refractivity (Wildman–Crippen MR) is 62.0 cm³/mol. The van der Waals surface area contributed by atoms with Crippen LogP contribution in [0.5, 0.6) is 0 Å². The molecule has 0 heterocycles. The Bertz CT molecular complexity index is 452. The molecule has 1 aromatic rings. The Morgan fingerprint density at radius 1 is 1.33 bits per heavy atom. The molecule has 0 bridgehead atoms. The van der Waals surface area contributed by atoms with Gasteiger partial charge in [-0.25, -0.2) is 5.14 Å². The van der Waals surface area contributed by atoms with E-state index in [9.17, 15) is 8.42 Å². The summed E-state index contributed by atoms with van der Waals surface area (Å²) in [6.07, 6.45) is 0. The van der Waals surface area contributed by atoms with Crippen LogP contribution in [0.1, 0.15) is 30.9 Å². The van der Waals surface area contributed by atoms with Crippen molar-refractivity contribution >= 4 is 15.9 Å². The summed E-state index contributed by atoms with van der Waals surface area (Å²) in [5, 5.41) is 4.89. The Kier molecular flexibility index (Phi) is 3.36. The minimum Gasteiger partial charge on any atom is -0.271 e. The molecule has 0 amide bonds. The summed E-state index contributed by atoms with van der Waals surface area (Å²) in [6, 6.07) is 5.39. The molecule has 0 saturated heterocycles. The first-order chi connectivity index (χ1) is 6.79. The van der Waals surface area contributed by atoms with Crippen LogP contribution in [0.4, 0.5) is 5.69 Å². The smallest absolute Gasteiger partial charge is 0.271 e. The number of nitrogens with one attached hydrogen (secondary N) is 1. The fraction of sp³-hybridized carbons (Fsp3) is 0.400. The molecule has 1 aromatic carbocycles. The van der Waals surface area contributed by atoms with Crippen LogP contribution >= 0.6 is 0 Å². The molecule has 1 rings (SSSR count). The molecular weight excluding hydrogens is 212 g/mol. The fourth-order valence-corrected chi connectivity index (χ4v) is 1.95. The highest BCUT2D eigenvalue weighted by Gasteiger charge is 2.07. The van der Waals surface area contributed by atoms with Gasteiger partial charge in [0.05, 0.1) is 5.69 Å². The Balaban J connectivity index is 3.08. The molecule has 0 spiro atoms. The maximum Gasteiger partial charge on any atom is 0.296 e. The molecule has 0 saturated carbocycles. The van der Waals surface area contributed by atoms with Crippen molar-refractivity contribution in [2.45, 2.75) is 26.7 Å². The second-order valence-electron chi connectivity index (χ2n) is 3.87. The molecule has 0 radical (unpaired) electrons. The van der Waals surface area contributed by atoms with Gasteiger partial charge in [-0.05, 0) is 36.1 Å². The Morgan fingerprint density at radius 2 is 1.93 bits per heavy atom. The standard InChI is InChI=1S/C10H16N2O2S/c1-7(2)10-6-9(5-4-8(10)3)12-15(11,13)14/h4-7,12H,1-3H3,(H2,11,13,14). The lowest BCUT2D eigenvalue weighted by atomic mass is 9.98. The summed E-state index contributed by atoms with van der Waals surface area (Å²) in [5.74, 6) is 0.354. The third-order valence-corrected chi connectivity index (χ3v) is 2.68. The van der Waals surface area contributed by atoms with E-state index in [4.69, 9.17) is 5.14 Å². The minimum atomic E-state index is -3.68. The molecular formula is C10H16N2O2S. The van der Waals surface area contributed by atoms with Crippen LogP contribution in [-0.2, 0) is 10.2 Å². The zero-order chi connectivity index (χ0) is 11.6. The maximum atomic E-state index is 10.8. The number of hydrogen-bond acceptors (Lipinski definition) is 2. The number of nitrogens with two attached hydrogens (primary N) is 1. The van der Waals surface area contributed by atoms with Gasteiger partial charge in [-0.2, -0.15) is 8.42 Å². The number of rotatable bonds is 3. The average molecular weight is 228 g/mol. The first kappa shape index (κ1) is 12.0. The SMILES string of the molecule is Cc1ccc(NS(N)(=O)=O)cc1C(C)C. The second kappa shape index (κ2) is 4.20. The number of aryl methyl sites for hydroxylation is 1. The van der Waals surface area contributed by atoms with E-state index in [1.54, 1.807) is 6.07 Å². The van der Waals surface area contributed by atoms with Crippen molar-refractivity contribution < 1.29 is 8.42 Å². The van der Waals surface area contributed by atoms with E-state index in [2.05, 4.69) is 18.6 Å². The number of anilines is 1. The van der Waals surface area contributed by atoms with Gasteiger partial charge in [0.15, 0.2) is 0 Å². The Hall–Kier alpha value is -1.07. The first-order valence-corrected chi connectivity index (χ1v) is 6.25. The van der Waals surface area contributed by atoms with E-state index in [0.717, 1.165) is 11.1 Å². The third kappa shape index (κ3) is 3.53. The van der Waals surface area contributed by atoms with Crippen molar-refractivity contribution in [3.05, 3.63) is 29.3 Å². The predicted octanol–water partition coefficient (Wildman–Crippen LogP) is 1.73. The summed E-state index contributed by atoms with van der Waals surface area (Å²) in [5.41, 5.74) is 2.76. The van der Waals surface area contributed by atoms with E-state index >= 15 is 0 Å². The van der Waals surface area contributed by atoms with Crippen LogP contribution < -0.4 is 9.86 Å². The summed E-state index contributed by atoms with van der Waals surface area (Å²) in [4.78, 5) is 0. The van der Waals surface area contributed by atoms with Gasteiger partial charge in [-0.3, -0.25) is 4.72 Å². The zero-order valence-electron chi connectivity index (χ0n) is 9.11. The summed E-state index contributed by atoms with van der Waals surface area (Å²) in [6.45, 7) is 6.11. The summed E-state index contributed by atoms with van der Waals surface area (Å²) < 4.78 is 23.9. The molecule has 0 aliphatic heterocycles. The Morgan fingerprint density at radius 3 is 2.40 bits per heavy atom. The van der Waals surface area contributed by atoms with Gasteiger partial charge in [0.1, 0.15) is 0 Å². The largest absolute Gasteiger partial charge is 0.296 e. The molecule has 15 heavy (non-hydrogen) atoms. The van der Waals surface area contributed by atoms with E-state index in [1.165, 1.54) is 0 Å². The normalized spacial score (nSPS) is 11.8. The van der Waals surface area contributed by atoms with Gasteiger partial charge in [-0.1, -0.05) is 19.9 Å². The quantitative estimate of drug-likeness (QED) is 0.827.